The van der Waals surface area contributed by atoms with Crippen LogP contribution in [0.5, 0.6) is 0 Å². The Balaban J connectivity index is 1.62. The molecule has 12 heteroatoms. The average Bonchev–Trinajstić information content (AvgIpc) is 3.39. The first-order valence-electron chi connectivity index (χ1n) is 9.58. The van der Waals surface area contributed by atoms with Crippen LogP contribution in [-0.4, -0.2) is 48.8 Å². The molecule has 1 fully saturated rings. The first-order valence-corrected chi connectivity index (χ1v) is 12.3. The van der Waals surface area contributed by atoms with Crippen LogP contribution in [-0.2, 0) is 10.0 Å². The molecule has 1 aromatic carbocycles. The number of halogens is 4. The lowest BCUT2D eigenvalue weighted by Crippen LogP contribution is -2.46. The van der Waals surface area contributed by atoms with Gasteiger partial charge in [0.05, 0.1) is 15.4 Å². The summed E-state index contributed by atoms with van der Waals surface area (Å²) in [6, 6.07) is 10.0. The molecule has 1 atom stereocenters. The zero-order chi connectivity index (χ0) is 23.1. The van der Waals surface area contributed by atoms with Crippen molar-refractivity contribution in [2.45, 2.75) is 24.4 Å². The zero-order valence-corrected chi connectivity index (χ0v) is 18.8. The molecule has 0 bridgehead atoms. The lowest BCUT2D eigenvalue weighted by Gasteiger charge is -2.25. The monoisotopic (exact) mass is 503 g/mol. The molecule has 3 aromatic rings. The Morgan fingerprint density at radius 1 is 1.25 bits per heavy atom. The van der Waals surface area contributed by atoms with Gasteiger partial charge in [0, 0.05) is 35.6 Å². The minimum atomic E-state index is -5.48. The minimum Gasteiger partial charge on any atom is -0.334 e. The van der Waals surface area contributed by atoms with Crippen LogP contribution in [0.15, 0.2) is 42.6 Å². The van der Waals surface area contributed by atoms with Crippen LogP contribution in [0.25, 0.3) is 21.3 Å². The highest BCUT2D eigenvalue weighted by atomic mass is 35.5. The van der Waals surface area contributed by atoms with Crippen LogP contribution < -0.4 is 4.72 Å². The average molecular weight is 504 g/mol. The summed E-state index contributed by atoms with van der Waals surface area (Å²) >= 11 is 7.42. The highest BCUT2D eigenvalue weighted by Crippen LogP contribution is 2.34. The second-order valence-electron chi connectivity index (χ2n) is 7.29. The number of sulfonamides is 1. The van der Waals surface area contributed by atoms with Crippen molar-refractivity contribution >= 4 is 49.8 Å². The van der Waals surface area contributed by atoms with Crippen molar-refractivity contribution in [3.8, 4) is 10.4 Å². The number of carbonyl (C=O) groups excluding carboxylic acids is 1. The molecule has 3 heterocycles. The van der Waals surface area contributed by atoms with E-state index in [-0.39, 0.29) is 5.91 Å². The van der Waals surface area contributed by atoms with E-state index >= 15 is 0 Å². The summed E-state index contributed by atoms with van der Waals surface area (Å²) in [7, 11) is -5.48. The number of amides is 1. The van der Waals surface area contributed by atoms with E-state index in [4.69, 9.17) is 11.6 Å². The smallest absolute Gasteiger partial charge is 0.334 e. The van der Waals surface area contributed by atoms with E-state index in [1.807, 2.05) is 18.2 Å². The Morgan fingerprint density at radius 3 is 2.72 bits per heavy atom. The first-order chi connectivity index (χ1) is 15.1. The molecule has 1 amide bonds. The molecule has 2 aromatic heterocycles. The number of nitrogens with one attached hydrogen (secondary N) is 1. The third-order valence-electron chi connectivity index (χ3n) is 5.28. The summed E-state index contributed by atoms with van der Waals surface area (Å²) in [6.45, 7) is -0.184. The summed E-state index contributed by atoms with van der Waals surface area (Å²) < 4.78 is 62.8. The number of hydrogen-bond acceptors (Lipinski definition) is 5. The van der Waals surface area contributed by atoms with Gasteiger partial charge in [-0.3, -0.25) is 9.78 Å². The molecule has 6 nitrogen and oxygen atoms in total. The number of alkyl halides is 3. The summed E-state index contributed by atoms with van der Waals surface area (Å²) in [6.07, 6.45) is 2.45. The van der Waals surface area contributed by atoms with Crippen LogP contribution in [0.4, 0.5) is 13.2 Å². The van der Waals surface area contributed by atoms with Gasteiger partial charge in [0.15, 0.2) is 0 Å². The highest BCUT2D eigenvalue weighted by molar-refractivity contribution is 7.90. The van der Waals surface area contributed by atoms with Gasteiger partial charge in [-0.1, -0.05) is 17.7 Å². The number of carbonyl (C=O) groups is 1. The molecule has 170 valence electrons. The maximum absolute atomic E-state index is 13.3. The number of pyridine rings is 1. The Labute approximate surface area is 191 Å². The number of likely N-dealkylation sites (tertiary alicyclic amines) is 1. The molecule has 1 saturated heterocycles. The van der Waals surface area contributed by atoms with E-state index in [2.05, 4.69) is 4.98 Å². The van der Waals surface area contributed by atoms with Crippen molar-refractivity contribution in [1.82, 2.24) is 14.6 Å². The molecule has 1 aliphatic heterocycles. The molecule has 0 saturated carbocycles. The zero-order valence-electron chi connectivity index (χ0n) is 16.4. The van der Waals surface area contributed by atoms with E-state index in [0.717, 1.165) is 10.4 Å². The van der Waals surface area contributed by atoms with Crippen molar-refractivity contribution in [2.75, 3.05) is 13.1 Å². The van der Waals surface area contributed by atoms with Gasteiger partial charge >= 0.3 is 15.5 Å². The van der Waals surface area contributed by atoms with Gasteiger partial charge in [0.25, 0.3) is 5.91 Å². The topological polar surface area (TPSA) is 79.4 Å². The van der Waals surface area contributed by atoms with E-state index in [1.165, 1.54) is 22.4 Å². The SMILES string of the molecule is O=C(c1ccnc2ccc(-c3ccc(Cl)s3)cc12)N1CCC[C@H]1CNS(=O)(=O)C(F)(F)F. The highest BCUT2D eigenvalue weighted by Gasteiger charge is 2.46. The predicted octanol–water partition coefficient (Wildman–Crippen LogP) is 4.66. The maximum atomic E-state index is 13.3. The van der Waals surface area contributed by atoms with Crippen molar-refractivity contribution < 1.29 is 26.4 Å². The normalized spacial score (nSPS) is 17.2. The minimum absolute atomic E-state index is 0.321. The molecule has 1 aliphatic rings. The van der Waals surface area contributed by atoms with Crippen LogP contribution in [0.1, 0.15) is 23.2 Å². The molecule has 0 spiro atoms. The van der Waals surface area contributed by atoms with Crippen LogP contribution in [0.3, 0.4) is 0 Å². The van der Waals surface area contributed by atoms with Crippen LogP contribution in [0.2, 0.25) is 4.34 Å². The van der Waals surface area contributed by atoms with Gasteiger partial charge in [-0.25, -0.2) is 13.1 Å². The molecule has 1 N–H and O–H groups in total. The van der Waals surface area contributed by atoms with Gasteiger partial charge in [-0.15, -0.1) is 11.3 Å². The van der Waals surface area contributed by atoms with Gasteiger partial charge in [-0.05, 0) is 48.7 Å². The number of fused-ring (bicyclic) bond motifs is 1. The standard InChI is InChI=1S/C20H17ClF3N3O3S2/c21-18-6-5-17(31-18)12-3-4-16-15(10-12)14(7-8-25-16)19(28)27-9-1-2-13(27)11-26-32(29,30)20(22,23)24/h3-8,10,13,26H,1-2,9,11H2/t13-/m0/s1. The third kappa shape index (κ3) is 4.47. The largest absolute Gasteiger partial charge is 0.511 e. The fourth-order valence-electron chi connectivity index (χ4n) is 3.71. The van der Waals surface area contributed by atoms with Crippen molar-refractivity contribution in [2.24, 2.45) is 0 Å². The maximum Gasteiger partial charge on any atom is 0.511 e. The lowest BCUT2D eigenvalue weighted by atomic mass is 10.0. The molecule has 32 heavy (non-hydrogen) atoms. The summed E-state index contributed by atoms with van der Waals surface area (Å²) in [5.74, 6) is -0.382. The summed E-state index contributed by atoms with van der Waals surface area (Å²) in [5, 5.41) is 0.598. The Kier molecular flexibility index (Phi) is 6.19. The number of aromatic nitrogens is 1. The molecular formula is C20H17ClF3N3O3S2. The van der Waals surface area contributed by atoms with E-state index in [9.17, 15) is 26.4 Å². The molecule has 4 rings (SSSR count). The van der Waals surface area contributed by atoms with Crippen LogP contribution >= 0.6 is 22.9 Å². The second-order valence-corrected chi connectivity index (χ2v) is 10.8. The molecular weight excluding hydrogens is 487 g/mol. The fourth-order valence-corrected chi connectivity index (χ4v) is 5.33. The number of benzene rings is 1. The van der Waals surface area contributed by atoms with Crippen molar-refractivity contribution in [3.63, 3.8) is 0 Å². The summed E-state index contributed by atoms with van der Waals surface area (Å²) in [5.41, 5.74) is -3.60. The van der Waals surface area contributed by atoms with Gasteiger partial charge in [-0.2, -0.15) is 13.2 Å². The first kappa shape index (κ1) is 23.0. The van der Waals surface area contributed by atoms with Gasteiger partial charge in [0.1, 0.15) is 0 Å². The van der Waals surface area contributed by atoms with E-state index < -0.39 is 28.1 Å². The second kappa shape index (κ2) is 8.62. The van der Waals surface area contributed by atoms with Crippen molar-refractivity contribution in [3.05, 3.63) is 52.5 Å². The van der Waals surface area contributed by atoms with E-state index in [0.29, 0.717) is 40.2 Å². The van der Waals surface area contributed by atoms with Crippen molar-refractivity contribution in [1.29, 1.82) is 0 Å². The molecule has 0 radical (unpaired) electrons. The molecule has 0 unspecified atom stereocenters. The number of nitrogens with zero attached hydrogens (tertiary/aromatic N) is 2. The van der Waals surface area contributed by atoms with Gasteiger partial charge in [0.2, 0.25) is 0 Å². The Morgan fingerprint density at radius 2 is 2.03 bits per heavy atom. The predicted molar refractivity (Wildman–Crippen MR) is 117 cm³/mol. The van der Waals surface area contributed by atoms with Gasteiger partial charge < -0.3 is 4.90 Å². The number of rotatable bonds is 5. The quantitative estimate of drug-likeness (QED) is 0.549. The summed E-state index contributed by atoms with van der Waals surface area (Å²) in [4.78, 5) is 20.0. The van der Waals surface area contributed by atoms with E-state index in [1.54, 1.807) is 22.9 Å². The number of hydrogen-bond donors (Lipinski definition) is 1. The lowest BCUT2D eigenvalue weighted by molar-refractivity contribution is -0.0448. The Bertz CT molecular complexity index is 1280. The Hall–Kier alpha value is -2.21. The third-order valence-corrected chi connectivity index (χ3v) is 7.72. The number of thiophene rings is 1. The van der Waals surface area contributed by atoms with Crippen LogP contribution in [0, 0.1) is 0 Å². The fraction of sp³-hybridized carbons (Fsp3) is 0.300. The molecule has 0 aliphatic carbocycles.